The van der Waals surface area contributed by atoms with E-state index in [0.717, 1.165) is 28.1 Å². The van der Waals surface area contributed by atoms with Crippen LogP contribution >= 0.6 is 11.6 Å². The molecule has 0 fully saturated rings. The van der Waals surface area contributed by atoms with Crippen molar-refractivity contribution < 1.29 is 9.53 Å². The second-order valence-corrected chi connectivity index (χ2v) is 7.88. The highest BCUT2D eigenvalue weighted by Crippen LogP contribution is 2.34. The predicted octanol–water partition coefficient (Wildman–Crippen LogP) is 5.28. The third-order valence-corrected chi connectivity index (χ3v) is 5.72. The normalized spacial score (nSPS) is 15.6. The maximum atomic E-state index is 13.5. The van der Waals surface area contributed by atoms with Crippen molar-refractivity contribution in [3.63, 3.8) is 0 Å². The van der Waals surface area contributed by atoms with Crippen LogP contribution in [-0.4, -0.2) is 33.7 Å². The van der Waals surface area contributed by atoms with Gasteiger partial charge < -0.3 is 4.74 Å². The third-order valence-electron chi connectivity index (χ3n) is 5.46. The van der Waals surface area contributed by atoms with Crippen LogP contribution in [0.1, 0.15) is 34.1 Å². The monoisotopic (exact) mass is 442 g/mol. The topological polar surface area (TPSA) is 67.7 Å². The van der Waals surface area contributed by atoms with Crippen LogP contribution in [0.5, 0.6) is 5.75 Å². The molecule has 0 aliphatic carbocycles. The number of carbonyl (C=O) groups is 1. The van der Waals surface area contributed by atoms with Crippen LogP contribution in [0.3, 0.4) is 0 Å². The van der Waals surface area contributed by atoms with E-state index >= 15 is 0 Å². The molecule has 0 N–H and O–H groups in total. The number of halogens is 1. The maximum Gasteiger partial charge on any atom is 0.294 e. The summed E-state index contributed by atoms with van der Waals surface area (Å²) >= 11 is 6.08. The molecular formula is C25H19ClN4O2. The van der Waals surface area contributed by atoms with Crippen molar-refractivity contribution in [2.75, 3.05) is 7.11 Å². The van der Waals surface area contributed by atoms with Crippen LogP contribution in [0.25, 0.3) is 11.0 Å². The number of hydrazone groups is 1. The lowest BCUT2D eigenvalue weighted by Crippen LogP contribution is -2.28. The summed E-state index contributed by atoms with van der Waals surface area (Å²) < 4.78 is 5.25. The lowest BCUT2D eigenvalue weighted by Gasteiger charge is -2.21. The van der Waals surface area contributed by atoms with E-state index in [1.165, 1.54) is 11.2 Å². The summed E-state index contributed by atoms with van der Waals surface area (Å²) in [4.78, 5) is 22.4. The lowest BCUT2D eigenvalue weighted by molar-refractivity contribution is 0.0705. The van der Waals surface area contributed by atoms with Crippen LogP contribution in [0.2, 0.25) is 5.02 Å². The van der Waals surface area contributed by atoms with Gasteiger partial charge in [0.05, 0.1) is 36.1 Å². The van der Waals surface area contributed by atoms with Gasteiger partial charge in [0.15, 0.2) is 0 Å². The largest absolute Gasteiger partial charge is 0.497 e. The molecule has 4 aromatic rings. The zero-order valence-corrected chi connectivity index (χ0v) is 18.0. The standard InChI is InChI=1S/C25H19ClN4O2/c1-32-19-12-8-16(9-13-19)22-14-24(17-6-10-18(26)11-7-17)30(29-22)25(31)23-15-27-20-4-2-3-5-21(20)28-23/h2-13,15,24H,14H2,1H3. The van der Waals surface area contributed by atoms with Crippen LogP contribution < -0.4 is 4.74 Å². The molecule has 5 rings (SSSR count). The number of methoxy groups -OCH3 is 1. The molecule has 0 saturated heterocycles. The Bertz CT molecular complexity index is 1320. The van der Waals surface area contributed by atoms with Crippen molar-refractivity contribution in [2.24, 2.45) is 5.10 Å². The molecule has 3 aromatic carbocycles. The number of hydrogen-bond donors (Lipinski definition) is 0. The molecule has 1 aliphatic rings. The first kappa shape index (κ1) is 20.2. The fraction of sp³-hybridized carbons (Fsp3) is 0.120. The van der Waals surface area contributed by atoms with Crippen LogP contribution in [0.15, 0.2) is 84.1 Å². The highest BCUT2D eigenvalue weighted by molar-refractivity contribution is 6.30. The van der Waals surface area contributed by atoms with Crippen LogP contribution in [0.4, 0.5) is 0 Å². The highest BCUT2D eigenvalue weighted by atomic mass is 35.5. The van der Waals surface area contributed by atoms with E-state index in [0.29, 0.717) is 17.0 Å². The van der Waals surface area contributed by atoms with Gasteiger partial charge >= 0.3 is 0 Å². The van der Waals surface area contributed by atoms with Gasteiger partial charge in [-0.1, -0.05) is 35.9 Å². The lowest BCUT2D eigenvalue weighted by atomic mass is 9.98. The molecule has 0 saturated carbocycles. The van der Waals surface area contributed by atoms with Crippen molar-refractivity contribution in [3.05, 3.63) is 101 Å². The first-order valence-corrected chi connectivity index (χ1v) is 10.5. The Morgan fingerprint density at radius 1 is 1.00 bits per heavy atom. The van der Waals surface area contributed by atoms with E-state index in [-0.39, 0.29) is 17.6 Å². The van der Waals surface area contributed by atoms with Crippen molar-refractivity contribution in [3.8, 4) is 5.75 Å². The van der Waals surface area contributed by atoms with Crippen molar-refractivity contribution in [1.82, 2.24) is 15.0 Å². The summed E-state index contributed by atoms with van der Waals surface area (Å²) in [5.41, 5.74) is 4.35. The molecule has 1 amide bonds. The number of nitrogens with zero attached hydrogens (tertiary/aromatic N) is 4. The summed E-state index contributed by atoms with van der Waals surface area (Å²) in [6.07, 6.45) is 2.07. The quantitative estimate of drug-likeness (QED) is 0.431. The van der Waals surface area contributed by atoms with Crippen molar-refractivity contribution in [2.45, 2.75) is 12.5 Å². The first-order valence-electron chi connectivity index (χ1n) is 10.1. The number of hydrogen-bond acceptors (Lipinski definition) is 5. The molecule has 1 unspecified atom stereocenters. The van der Waals surface area contributed by atoms with Crippen LogP contribution in [0, 0.1) is 0 Å². The molecule has 1 aliphatic heterocycles. The Hall–Kier alpha value is -3.77. The van der Waals surface area contributed by atoms with Gasteiger partial charge in [-0.2, -0.15) is 5.10 Å². The third kappa shape index (κ3) is 3.81. The minimum atomic E-state index is -0.299. The molecular weight excluding hydrogens is 424 g/mol. The fourth-order valence-electron chi connectivity index (χ4n) is 3.78. The second-order valence-electron chi connectivity index (χ2n) is 7.44. The molecule has 0 spiro atoms. The molecule has 0 radical (unpaired) electrons. The molecule has 7 heteroatoms. The molecule has 1 atom stereocenters. The second kappa shape index (κ2) is 8.40. The number of para-hydroxylation sites is 2. The molecule has 32 heavy (non-hydrogen) atoms. The zero-order chi connectivity index (χ0) is 22.1. The summed E-state index contributed by atoms with van der Waals surface area (Å²) in [6.45, 7) is 0. The summed E-state index contributed by atoms with van der Waals surface area (Å²) in [6, 6.07) is 22.3. The highest BCUT2D eigenvalue weighted by Gasteiger charge is 2.34. The SMILES string of the molecule is COc1ccc(C2=NN(C(=O)c3cnc4ccccc4n3)C(c3ccc(Cl)cc3)C2)cc1. The van der Waals surface area contributed by atoms with E-state index in [4.69, 9.17) is 21.4 Å². The minimum Gasteiger partial charge on any atom is -0.497 e. The molecule has 1 aromatic heterocycles. The maximum absolute atomic E-state index is 13.5. The Morgan fingerprint density at radius 2 is 1.72 bits per heavy atom. The van der Waals surface area contributed by atoms with Gasteiger partial charge in [0.25, 0.3) is 5.91 Å². The number of ether oxygens (including phenoxy) is 1. The number of rotatable bonds is 4. The Labute approximate surface area is 190 Å². The van der Waals surface area contributed by atoms with Gasteiger partial charge in [0, 0.05) is 11.4 Å². The smallest absolute Gasteiger partial charge is 0.294 e. The fourth-order valence-corrected chi connectivity index (χ4v) is 3.90. The van der Waals surface area contributed by atoms with E-state index in [1.807, 2.05) is 72.8 Å². The number of benzene rings is 3. The summed E-state index contributed by atoms with van der Waals surface area (Å²) in [5.74, 6) is 0.465. The summed E-state index contributed by atoms with van der Waals surface area (Å²) in [5, 5.41) is 6.85. The molecule has 2 heterocycles. The first-order chi connectivity index (χ1) is 15.6. The average molecular weight is 443 g/mol. The van der Waals surface area contributed by atoms with E-state index in [2.05, 4.69) is 9.97 Å². The zero-order valence-electron chi connectivity index (χ0n) is 17.3. The predicted molar refractivity (Wildman–Crippen MR) is 124 cm³/mol. The van der Waals surface area contributed by atoms with Gasteiger partial charge in [-0.25, -0.2) is 9.99 Å². The van der Waals surface area contributed by atoms with Gasteiger partial charge in [-0.15, -0.1) is 0 Å². The van der Waals surface area contributed by atoms with Crippen LogP contribution in [-0.2, 0) is 0 Å². The molecule has 0 bridgehead atoms. The van der Waals surface area contributed by atoms with Gasteiger partial charge in [0.2, 0.25) is 0 Å². The van der Waals surface area contributed by atoms with Gasteiger partial charge in [0.1, 0.15) is 11.4 Å². The number of aromatic nitrogens is 2. The molecule has 6 nitrogen and oxygen atoms in total. The van der Waals surface area contributed by atoms with Gasteiger partial charge in [-0.3, -0.25) is 9.78 Å². The number of carbonyl (C=O) groups excluding carboxylic acids is 1. The number of fused-ring (bicyclic) bond motifs is 1. The number of amides is 1. The Balaban J connectivity index is 1.54. The van der Waals surface area contributed by atoms with Crippen molar-refractivity contribution in [1.29, 1.82) is 0 Å². The van der Waals surface area contributed by atoms with E-state index in [9.17, 15) is 4.79 Å². The van der Waals surface area contributed by atoms with Gasteiger partial charge in [-0.05, 0) is 59.7 Å². The van der Waals surface area contributed by atoms with Crippen molar-refractivity contribution >= 4 is 34.3 Å². The average Bonchev–Trinajstić information content (AvgIpc) is 3.29. The minimum absolute atomic E-state index is 0.252. The Kier molecular flexibility index (Phi) is 5.29. The summed E-state index contributed by atoms with van der Waals surface area (Å²) in [7, 11) is 1.63. The molecule has 158 valence electrons. The van der Waals surface area contributed by atoms with E-state index < -0.39 is 0 Å². The van der Waals surface area contributed by atoms with E-state index in [1.54, 1.807) is 7.11 Å². The Morgan fingerprint density at radius 3 is 2.44 bits per heavy atom.